The maximum atomic E-state index is 4.49. The lowest BCUT2D eigenvalue weighted by Crippen LogP contribution is -2.08. The van der Waals surface area contributed by atoms with Crippen LogP contribution in [-0.4, -0.2) is 22.9 Å². The van der Waals surface area contributed by atoms with Gasteiger partial charge in [-0.2, -0.15) is 5.10 Å². The molecule has 1 aromatic heterocycles. The standard InChI is InChI=1S/C9H15N3/c1-2-12-6-4-9(11-12)8-3-5-10-7-8/h4,6,8,10H,2-3,5,7H2,1H3. The SMILES string of the molecule is CCn1ccc(C2CCNC2)n1. The van der Waals surface area contributed by atoms with Crippen molar-refractivity contribution in [1.29, 1.82) is 0 Å². The van der Waals surface area contributed by atoms with Crippen molar-refractivity contribution in [3.8, 4) is 0 Å². The number of nitrogens with one attached hydrogen (secondary N) is 1. The molecule has 0 spiro atoms. The third-order valence-electron chi connectivity index (χ3n) is 2.46. The van der Waals surface area contributed by atoms with Gasteiger partial charge in [0, 0.05) is 25.2 Å². The second-order valence-electron chi connectivity index (χ2n) is 3.29. The Labute approximate surface area is 72.8 Å². The summed E-state index contributed by atoms with van der Waals surface area (Å²) in [5, 5.41) is 7.84. The zero-order chi connectivity index (χ0) is 8.39. The molecule has 1 unspecified atom stereocenters. The lowest BCUT2D eigenvalue weighted by Gasteiger charge is -2.02. The fraction of sp³-hybridized carbons (Fsp3) is 0.667. The highest BCUT2D eigenvalue weighted by atomic mass is 15.3. The van der Waals surface area contributed by atoms with Gasteiger partial charge >= 0.3 is 0 Å². The summed E-state index contributed by atoms with van der Waals surface area (Å²) in [5.41, 5.74) is 1.25. The largest absolute Gasteiger partial charge is 0.316 e. The third kappa shape index (κ3) is 1.37. The van der Waals surface area contributed by atoms with Gasteiger partial charge in [-0.25, -0.2) is 0 Å². The van der Waals surface area contributed by atoms with Gasteiger partial charge in [-0.1, -0.05) is 0 Å². The van der Waals surface area contributed by atoms with Crippen LogP contribution in [0.25, 0.3) is 0 Å². The molecule has 1 saturated heterocycles. The van der Waals surface area contributed by atoms with Crippen molar-refractivity contribution >= 4 is 0 Å². The second-order valence-corrected chi connectivity index (χ2v) is 3.29. The Morgan fingerprint density at radius 3 is 3.25 bits per heavy atom. The van der Waals surface area contributed by atoms with Gasteiger partial charge in [0.2, 0.25) is 0 Å². The molecule has 0 aliphatic carbocycles. The summed E-state index contributed by atoms with van der Waals surface area (Å²) in [4.78, 5) is 0. The van der Waals surface area contributed by atoms with Crippen LogP contribution in [0.1, 0.15) is 25.0 Å². The van der Waals surface area contributed by atoms with Gasteiger partial charge in [0.15, 0.2) is 0 Å². The molecule has 3 nitrogen and oxygen atoms in total. The molecule has 1 aliphatic heterocycles. The average Bonchev–Trinajstić information content (AvgIpc) is 2.75. The molecular weight excluding hydrogens is 150 g/mol. The quantitative estimate of drug-likeness (QED) is 0.708. The Morgan fingerprint density at radius 2 is 2.67 bits per heavy atom. The van der Waals surface area contributed by atoms with E-state index in [2.05, 4.69) is 29.6 Å². The smallest absolute Gasteiger partial charge is 0.0668 e. The van der Waals surface area contributed by atoms with Gasteiger partial charge in [0.25, 0.3) is 0 Å². The van der Waals surface area contributed by atoms with Crippen LogP contribution in [0.4, 0.5) is 0 Å². The first-order chi connectivity index (χ1) is 5.90. The molecule has 1 aromatic rings. The van der Waals surface area contributed by atoms with Gasteiger partial charge in [-0.3, -0.25) is 4.68 Å². The van der Waals surface area contributed by atoms with E-state index >= 15 is 0 Å². The van der Waals surface area contributed by atoms with Crippen LogP contribution in [0.3, 0.4) is 0 Å². The molecular formula is C9H15N3. The highest BCUT2D eigenvalue weighted by Gasteiger charge is 2.18. The minimum absolute atomic E-state index is 0.651. The van der Waals surface area contributed by atoms with Crippen LogP contribution in [-0.2, 0) is 6.54 Å². The fourth-order valence-corrected chi connectivity index (χ4v) is 1.68. The van der Waals surface area contributed by atoms with Crippen molar-refractivity contribution in [2.45, 2.75) is 25.8 Å². The summed E-state index contributed by atoms with van der Waals surface area (Å²) >= 11 is 0. The van der Waals surface area contributed by atoms with Crippen molar-refractivity contribution in [1.82, 2.24) is 15.1 Å². The van der Waals surface area contributed by atoms with E-state index in [1.807, 2.05) is 4.68 Å². The lowest BCUT2D eigenvalue weighted by atomic mass is 10.1. The molecule has 2 heterocycles. The third-order valence-corrected chi connectivity index (χ3v) is 2.46. The van der Waals surface area contributed by atoms with Crippen LogP contribution in [0, 0.1) is 0 Å². The molecule has 0 bridgehead atoms. The molecule has 0 aromatic carbocycles. The number of aromatic nitrogens is 2. The highest BCUT2D eigenvalue weighted by molar-refractivity contribution is 5.08. The van der Waals surface area contributed by atoms with E-state index in [0.717, 1.165) is 19.6 Å². The first-order valence-corrected chi connectivity index (χ1v) is 4.64. The predicted molar refractivity (Wildman–Crippen MR) is 48.1 cm³/mol. The zero-order valence-electron chi connectivity index (χ0n) is 7.45. The molecule has 66 valence electrons. The van der Waals surface area contributed by atoms with Gasteiger partial charge in [0.1, 0.15) is 0 Å². The maximum absolute atomic E-state index is 4.49. The molecule has 12 heavy (non-hydrogen) atoms. The van der Waals surface area contributed by atoms with Crippen molar-refractivity contribution in [3.05, 3.63) is 18.0 Å². The van der Waals surface area contributed by atoms with Crippen LogP contribution in [0.15, 0.2) is 12.3 Å². The van der Waals surface area contributed by atoms with E-state index in [-0.39, 0.29) is 0 Å². The molecule has 1 atom stereocenters. The minimum Gasteiger partial charge on any atom is -0.316 e. The molecule has 2 rings (SSSR count). The number of aryl methyl sites for hydroxylation is 1. The second kappa shape index (κ2) is 3.27. The number of rotatable bonds is 2. The van der Waals surface area contributed by atoms with Crippen molar-refractivity contribution in [2.75, 3.05) is 13.1 Å². The highest BCUT2D eigenvalue weighted by Crippen LogP contribution is 2.19. The lowest BCUT2D eigenvalue weighted by molar-refractivity contribution is 0.624. The topological polar surface area (TPSA) is 29.9 Å². The van der Waals surface area contributed by atoms with Crippen LogP contribution in [0.2, 0.25) is 0 Å². The van der Waals surface area contributed by atoms with Gasteiger partial charge < -0.3 is 5.32 Å². The van der Waals surface area contributed by atoms with Crippen LogP contribution < -0.4 is 5.32 Å². The minimum atomic E-state index is 0.651. The summed E-state index contributed by atoms with van der Waals surface area (Å²) in [6.45, 7) is 5.33. The summed E-state index contributed by atoms with van der Waals surface area (Å²) in [6.07, 6.45) is 3.30. The summed E-state index contributed by atoms with van der Waals surface area (Å²) in [5.74, 6) is 0.651. The fourth-order valence-electron chi connectivity index (χ4n) is 1.68. The van der Waals surface area contributed by atoms with Crippen molar-refractivity contribution in [3.63, 3.8) is 0 Å². The molecule has 0 amide bonds. The molecule has 0 radical (unpaired) electrons. The average molecular weight is 165 g/mol. The van der Waals surface area contributed by atoms with Gasteiger partial charge in [0.05, 0.1) is 5.69 Å². The Morgan fingerprint density at radius 1 is 1.75 bits per heavy atom. The summed E-state index contributed by atoms with van der Waals surface area (Å²) < 4.78 is 1.99. The van der Waals surface area contributed by atoms with E-state index in [9.17, 15) is 0 Å². The van der Waals surface area contributed by atoms with Crippen molar-refractivity contribution in [2.24, 2.45) is 0 Å². The van der Waals surface area contributed by atoms with E-state index < -0.39 is 0 Å². The molecule has 1 N–H and O–H groups in total. The monoisotopic (exact) mass is 165 g/mol. The van der Waals surface area contributed by atoms with Crippen LogP contribution >= 0.6 is 0 Å². The van der Waals surface area contributed by atoms with E-state index in [0.29, 0.717) is 5.92 Å². The van der Waals surface area contributed by atoms with E-state index in [1.54, 1.807) is 0 Å². The number of hydrogen-bond acceptors (Lipinski definition) is 2. The Balaban J connectivity index is 2.11. The van der Waals surface area contributed by atoms with Crippen molar-refractivity contribution < 1.29 is 0 Å². The van der Waals surface area contributed by atoms with Crippen LogP contribution in [0.5, 0.6) is 0 Å². The summed E-state index contributed by atoms with van der Waals surface area (Å²) in [7, 11) is 0. The van der Waals surface area contributed by atoms with Gasteiger partial charge in [-0.15, -0.1) is 0 Å². The Bertz CT molecular complexity index is 248. The van der Waals surface area contributed by atoms with Gasteiger partial charge in [-0.05, 0) is 26.0 Å². The number of hydrogen-bond donors (Lipinski definition) is 1. The normalized spacial score (nSPS) is 23.2. The first kappa shape index (κ1) is 7.80. The van der Waals surface area contributed by atoms with E-state index in [1.165, 1.54) is 12.1 Å². The molecule has 1 fully saturated rings. The molecule has 0 saturated carbocycles. The predicted octanol–water partition coefficient (Wildman–Crippen LogP) is 0.980. The number of nitrogens with zero attached hydrogens (tertiary/aromatic N) is 2. The zero-order valence-corrected chi connectivity index (χ0v) is 7.45. The molecule has 3 heteroatoms. The van der Waals surface area contributed by atoms with E-state index in [4.69, 9.17) is 0 Å². The first-order valence-electron chi connectivity index (χ1n) is 4.64. The summed E-state index contributed by atoms with van der Waals surface area (Å²) in [6, 6.07) is 2.14. The Hall–Kier alpha value is -0.830. The maximum Gasteiger partial charge on any atom is 0.0668 e. The Kier molecular flexibility index (Phi) is 2.13. The molecule has 1 aliphatic rings.